The van der Waals surface area contributed by atoms with Crippen LogP contribution in [-0.2, 0) is 0 Å². The van der Waals surface area contributed by atoms with Crippen molar-refractivity contribution < 1.29 is 5.11 Å². The number of rotatable bonds is 5. The van der Waals surface area contributed by atoms with Crippen molar-refractivity contribution in [1.82, 2.24) is 4.90 Å². The van der Waals surface area contributed by atoms with Gasteiger partial charge >= 0.3 is 0 Å². The monoisotopic (exact) mass is 172 g/mol. The summed E-state index contributed by atoms with van der Waals surface area (Å²) in [6, 6.07) is 0. The van der Waals surface area contributed by atoms with Crippen molar-refractivity contribution in [1.29, 1.82) is 0 Å². The average Bonchev–Trinajstić information content (AvgIpc) is 2.05. The van der Waals surface area contributed by atoms with E-state index in [0.29, 0.717) is 13.1 Å². The lowest BCUT2D eigenvalue weighted by Gasteiger charge is -2.33. The van der Waals surface area contributed by atoms with Crippen LogP contribution in [0.3, 0.4) is 0 Å². The molecule has 0 aliphatic heterocycles. The van der Waals surface area contributed by atoms with E-state index in [1.807, 2.05) is 25.8 Å². The zero-order valence-electron chi connectivity index (χ0n) is 7.86. The number of azide groups is 1. The van der Waals surface area contributed by atoms with Crippen molar-refractivity contribution in [3.05, 3.63) is 10.4 Å². The Morgan fingerprint density at radius 3 is 2.58 bits per heavy atom. The summed E-state index contributed by atoms with van der Waals surface area (Å²) >= 11 is 0. The van der Waals surface area contributed by atoms with Gasteiger partial charge in [0.25, 0.3) is 0 Å². The Morgan fingerprint density at radius 2 is 2.17 bits per heavy atom. The highest BCUT2D eigenvalue weighted by atomic mass is 16.3. The van der Waals surface area contributed by atoms with Crippen LogP contribution in [0.15, 0.2) is 5.11 Å². The fraction of sp³-hybridized carbons (Fsp3) is 1.00. The summed E-state index contributed by atoms with van der Waals surface area (Å²) in [5.41, 5.74) is 7.78. The molecule has 0 heterocycles. The van der Waals surface area contributed by atoms with Gasteiger partial charge in [-0.2, -0.15) is 0 Å². The van der Waals surface area contributed by atoms with Gasteiger partial charge in [0, 0.05) is 23.5 Å². The Labute approximate surface area is 72.6 Å². The summed E-state index contributed by atoms with van der Waals surface area (Å²) in [6.07, 6.45) is 0. The molecule has 0 atom stereocenters. The molecule has 0 aromatic rings. The van der Waals surface area contributed by atoms with Gasteiger partial charge in [0.1, 0.15) is 0 Å². The van der Waals surface area contributed by atoms with Crippen LogP contribution in [0.1, 0.15) is 13.8 Å². The molecule has 0 aliphatic carbocycles. The van der Waals surface area contributed by atoms with E-state index in [2.05, 4.69) is 10.0 Å². The van der Waals surface area contributed by atoms with Gasteiger partial charge in [-0.15, -0.1) is 0 Å². The van der Waals surface area contributed by atoms with Gasteiger partial charge in [-0.3, -0.25) is 4.90 Å². The number of likely N-dealkylation sites (N-methyl/N-ethyl adjacent to an activating group) is 1. The molecule has 0 amide bonds. The molecule has 12 heavy (non-hydrogen) atoms. The van der Waals surface area contributed by atoms with Crippen LogP contribution in [0.2, 0.25) is 0 Å². The fourth-order valence-corrected chi connectivity index (χ4v) is 0.663. The van der Waals surface area contributed by atoms with E-state index in [1.54, 1.807) is 0 Å². The number of aliphatic hydroxyl groups excluding tert-OH is 1. The molecule has 0 aromatic heterocycles. The number of nitrogens with zero attached hydrogens (tertiary/aromatic N) is 4. The van der Waals surface area contributed by atoms with Crippen molar-refractivity contribution in [3.8, 4) is 0 Å². The number of aliphatic hydroxyl groups is 1. The molecule has 0 radical (unpaired) electrons. The Morgan fingerprint density at radius 1 is 1.58 bits per heavy atom. The van der Waals surface area contributed by atoms with E-state index in [9.17, 15) is 0 Å². The van der Waals surface area contributed by atoms with E-state index in [4.69, 9.17) is 10.6 Å². The van der Waals surface area contributed by atoms with Crippen molar-refractivity contribution in [2.24, 2.45) is 5.11 Å². The Hall–Kier alpha value is -0.770. The molecule has 0 bridgehead atoms. The molecule has 0 fully saturated rings. The van der Waals surface area contributed by atoms with E-state index < -0.39 is 0 Å². The molecule has 0 saturated carbocycles. The van der Waals surface area contributed by atoms with E-state index >= 15 is 0 Å². The lowest BCUT2D eigenvalue weighted by molar-refractivity contribution is 0.0817. The Kier molecular flexibility index (Phi) is 4.66. The number of hydrogen-bond donors (Lipinski definition) is 1. The second kappa shape index (κ2) is 4.98. The highest BCUT2D eigenvalue weighted by Crippen LogP contribution is 2.09. The van der Waals surface area contributed by atoms with Crippen molar-refractivity contribution in [2.75, 3.05) is 26.7 Å². The minimum absolute atomic E-state index is 0.0970. The zero-order valence-corrected chi connectivity index (χ0v) is 7.86. The van der Waals surface area contributed by atoms with Crippen LogP contribution < -0.4 is 0 Å². The standard InChI is InChI=1S/C7H16N4O/c1-7(2,6-12)11(3)5-4-9-10-8/h12H,4-6H2,1-3H3. The van der Waals surface area contributed by atoms with E-state index in [1.165, 1.54) is 0 Å². The highest BCUT2D eigenvalue weighted by Gasteiger charge is 2.21. The Balaban J connectivity index is 3.85. The topological polar surface area (TPSA) is 72.2 Å². The number of hydrogen-bond acceptors (Lipinski definition) is 3. The van der Waals surface area contributed by atoms with Gasteiger partial charge in [-0.05, 0) is 26.4 Å². The first-order valence-corrected chi connectivity index (χ1v) is 3.87. The summed E-state index contributed by atoms with van der Waals surface area (Å²) in [5.74, 6) is 0. The van der Waals surface area contributed by atoms with Crippen molar-refractivity contribution >= 4 is 0 Å². The quantitative estimate of drug-likeness (QED) is 0.381. The van der Waals surface area contributed by atoms with Gasteiger partial charge in [-0.25, -0.2) is 0 Å². The van der Waals surface area contributed by atoms with Gasteiger partial charge in [0.15, 0.2) is 0 Å². The van der Waals surface area contributed by atoms with Crippen LogP contribution in [0, 0.1) is 0 Å². The van der Waals surface area contributed by atoms with Crippen LogP contribution >= 0.6 is 0 Å². The second-order valence-electron chi connectivity index (χ2n) is 3.35. The lowest BCUT2D eigenvalue weighted by atomic mass is 10.1. The third-order valence-corrected chi connectivity index (χ3v) is 2.02. The highest BCUT2D eigenvalue weighted by molar-refractivity contribution is 4.78. The molecule has 5 heteroatoms. The molecule has 0 aromatic carbocycles. The molecular weight excluding hydrogens is 156 g/mol. The van der Waals surface area contributed by atoms with Crippen LogP contribution in [0.25, 0.3) is 10.4 Å². The molecule has 5 nitrogen and oxygen atoms in total. The van der Waals surface area contributed by atoms with Crippen LogP contribution in [-0.4, -0.2) is 42.3 Å². The van der Waals surface area contributed by atoms with E-state index in [0.717, 1.165) is 0 Å². The average molecular weight is 172 g/mol. The molecular formula is C7H16N4O. The SMILES string of the molecule is CN(CCN=[N+]=[N-])C(C)(C)CO. The first kappa shape index (κ1) is 11.2. The predicted molar refractivity (Wildman–Crippen MR) is 47.8 cm³/mol. The molecule has 1 N–H and O–H groups in total. The molecule has 0 unspecified atom stereocenters. The molecule has 0 saturated heterocycles. The largest absolute Gasteiger partial charge is 0.394 e. The summed E-state index contributed by atoms with van der Waals surface area (Å²) < 4.78 is 0. The third kappa shape index (κ3) is 3.57. The Bertz CT molecular complexity index is 174. The van der Waals surface area contributed by atoms with Gasteiger partial charge in [0.2, 0.25) is 0 Å². The van der Waals surface area contributed by atoms with Gasteiger partial charge in [0.05, 0.1) is 6.61 Å². The predicted octanol–water partition coefficient (Wildman–Crippen LogP) is 0.999. The normalized spacial score (nSPS) is 11.4. The summed E-state index contributed by atoms with van der Waals surface area (Å²) in [6.45, 7) is 5.07. The first-order valence-electron chi connectivity index (χ1n) is 3.87. The smallest absolute Gasteiger partial charge is 0.0609 e. The minimum Gasteiger partial charge on any atom is -0.394 e. The minimum atomic E-state index is -0.245. The second-order valence-corrected chi connectivity index (χ2v) is 3.35. The van der Waals surface area contributed by atoms with Gasteiger partial charge < -0.3 is 5.11 Å². The van der Waals surface area contributed by atoms with E-state index in [-0.39, 0.29) is 12.1 Å². The van der Waals surface area contributed by atoms with Crippen LogP contribution in [0.4, 0.5) is 0 Å². The third-order valence-electron chi connectivity index (χ3n) is 2.02. The first-order chi connectivity index (χ1) is 5.54. The maximum Gasteiger partial charge on any atom is 0.0609 e. The van der Waals surface area contributed by atoms with Crippen molar-refractivity contribution in [3.63, 3.8) is 0 Å². The molecule has 0 rings (SSSR count). The maximum absolute atomic E-state index is 8.98. The molecule has 0 spiro atoms. The van der Waals surface area contributed by atoms with Gasteiger partial charge in [-0.1, -0.05) is 5.11 Å². The molecule has 70 valence electrons. The summed E-state index contributed by atoms with van der Waals surface area (Å²) in [4.78, 5) is 4.61. The summed E-state index contributed by atoms with van der Waals surface area (Å²) in [7, 11) is 1.89. The zero-order chi connectivity index (χ0) is 9.61. The van der Waals surface area contributed by atoms with Crippen molar-refractivity contribution in [2.45, 2.75) is 19.4 Å². The fourth-order valence-electron chi connectivity index (χ4n) is 0.663. The maximum atomic E-state index is 8.98. The van der Waals surface area contributed by atoms with Crippen LogP contribution in [0.5, 0.6) is 0 Å². The summed E-state index contributed by atoms with van der Waals surface area (Å²) in [5, 5.41) is 12.4. The molecule has 0 aliphatic rings. The lowest BCUT2D eigenvalue weighted by Crippen LogP contribution is -2.45.